The van der Waals surface area contributed by atoms with Crippen LogP contribution in [-0.4, -0.2) is 25.5 Å². The molecule has 1 atom stereocenters. The second kappa shape index (κ2) is 5.32. The Kier molecular flexibility index (Phi) is 3.35. The number of carbonyl (C=O) groups is 1. The molecule has 3 rings (SSSR count). The maximum absolute atomic E-state index is 12.2. The van der Waals surface area contributed by atoms with Crippen molar-refractivity contribution < 1.29 is 4.79 Å². The van der Waals surface area contributed by atoms with Gasteiger partial charge in [-0.3, -0.25) is 4.79 Å². The largest absolute Gasteiger partial charge is 0.343 e. The number of amides is 1. The molecule has 2 aromatic heterocycles. The van der Waals surface area contributed by atoms with Crippen LogP contribution in [0.25, 0.3) is 5.78 Å². The highest BCUT2D eigenvalue weighted by Crippen LogP contribution is 2.12. The average molecular weight is 281 g/mol. The molecule has 0 aliphatic heterocycles. The van der Waals surface area contributed by atoms with E-state index in [0.29, 0.717) is 5.78 Å². The highest BCUT2D eigenvalue weighted by Gasteiger charge is 2.17. The van der Waals surface area contributed by atoms with Crippen LogP contribution in [0, 0.1) is 6.92 Å². The highest BCUT2D eigenvalue weighted by atomic mass is 16.2. The Bertz CT molecular complexity index is 781. The van der Waals surface area contributed by atoms with Crippen LogP contribution < -0.4 is 5.32 Å². The predicted molar refractivity (Wildman–Crippen MR) is 77.8 cm³/mol. The maximum Gasteiger partial charge on any atom is 0.291 e. The zero-order valence-electron chi connectivity index (χ0n) is 11.8. The third-order valence-electron chi connectivity index (χ3n) is 3.28. The smallest absolute Gasteiger partial charge is 0.291 e. The van der Waals surface area contributed by atoms with E-state index in [1.165, 1.54) is 0 Å². The number of fused-ring (bicyclic) bond motifs is 1. The fraction of sp³-hybridized carbons (Fsp3) is 0.200. The SMILES string of the molecule is Cc1ccnc2nc(C(=O)NC(C)c3ccccc3)nn12. The predicted octanol–water partition coefficient (Wildman–Crippen LogP) is 1.92. The van der Waals surface area contributed by atoms with E-state index in [4.69, 9.17) is 0 Å². The molecule has 1 N–H and O–H groups in total. The molecule has 0 bridgehead atoms. The standard InChI is InChI=1S/C15H15N5O/c1-10-8-9-16-15-18-13(19-20(10)15)14(21)17-11(2)12-6-4-3-5-7-12/h3-9,11H,1-2H3,(H,17,21). The lowest BCUT2D eigenvalue weighted by Crippen LogP contribution is -2.27. The summed E-state index contributed by atoms with van der Waals surface area (Å²) in [5.41, 5.74) is 1.91. The molecular weight excluding hydrogens is 266 g/mol. The Balaban J connectivity index is 1.82. The summed E-state index contributed by atoms with van der Waals surface area (Å²) < 4.78 is 1.56. The fourth-order valence-corrected chi connectivity index (χ4v) is 2.09. The summed E-state index contributed by atoms with van der Waals surface area (Å²) in [5.74, 6) is 0.239. The molecule has 0 saturated carbocycles. The molecule has 2 heterocycles. The highest BCUT2D eigenvalue weighted by molar-refractivity contribution is 5.91. The van der Waals surface area contributed by atoms with Crippen LogP contribution in [0.5, 0.6) is 0 Å². The fourth-order valence-electron chi connectivity index (χ4n) is 2.09. The van der Waals surface area contributed by atoms with Gasteiger partial charge in [-0.15, -0.1) is 5.10 Å². The molecule has 0 spiro atoms. The summed E-state index contributed by atoms with van der Waals surface area (Å²) in [6, 6.07) is 11.5. The van der Waals surface area contributed by atoms with Gasteiger partial charge >= 0.3 is 0 Å². The molecular formula is C15H15N5O. The molecule has 1 amide bonds. The number of hydrogen-bond donors (Lipinski definition) is 1. The summed E-state index contributed by atoms with van der Waals surface area (Å²) in [7, 11) is 0. The van der Waals surface area contributed by atoms with Gasteiger partial charge in [0.15, 0.2) is 0 Å². The Hall–Kier alpha value is -2.76. The maximum atomic E-state index is 12.2. The Morgan fingerprint density at radius 1 is 1.24 bits per heavy atom. The van der Waals surface area contributed by atoms with Gasteiger partial charge in [0.25, 0.3) is 11.7 Å². The van der Waals surface area contributed by atoms with E-state index < -0.39 is 0 Å². The average Bonchev–Trinajstić information content (AvgIpc) is 2.94. The van der Waals surface area contributed by atoms with Gasteiger partial charge in [0.1, 0.15) is 0 Å². The first-order chi connectivity index (χ1) is 10.1. The molecule has 0 fully saturated rings. The number of benzene rings is 1. The summed E-state index contributed by atoms with van der Waals surface area (Å²) in [6.07, 6.45) is 1.65. The molecule has 1 unspecified atom stereocenters. The van der Waals surface area contributed by atoms with Gasteiger partial charge in [0, 0.05) is 11.9 Å². The van der Waals surface area contributed by atoms with Crippen molar-refractivity contribution in [3.63, 3.8) is 0 Å². The van der Waals surface area contributed by atoms with Crippen LogP contribution in [0.2, 0.25) is 0 Å². The van der Waals surface area contributed by atoms with Crippen molar-refractivity contribution in [3.05, 3.63) is 59.7 Å². The normalized spacial score (nSPS) is 12.3. The molecule has 21 heavy (non-hydrogen) atoms. The Morgan fingerprint density at radius 3 is 2.71 bits per heavy atom. The van der Waals surface area contributed by atoms with Crippen LogP contribution in [0.3, 0.4) is 0 Å². The van der Waals surface area contributed by atoms with Crippen LogP contribution in [0.4, 0.5) is 0 Å². The first-order valence-corrected chi connectivity index (χ1v) is 6.69. The lowest BCUT2D eigenvalue weighted by Gasteiger charge is -2.12. The number of hydrogen-bond acceptors (Lipinski definition) is 4. The van der Waals surface area contributed by atoms with Gasteiger partial charge in [-0.2, -0.15) is 4.98 Å². The van der Waals surface area contributed by atoms with Crippen molar-refractivity contribution >= 4 is 11.7 Å². The summed E-state index contributed by atoms with van der Waals surface area (Å²) in [5, 5.41) is 7.08. The van der Waals surface area contributed by atoms with Crippen molar-refractivity contribution in [2.45, 2.75) is 19.9 Å². The first kappa shape index (κ1) is 13.2. The Morgan fingerprint density at radius 2 is 2.00 bits per heavy atom. The van der Waals surface area contributed by atoms with E-state index in [0.717, 1.165) is 11.3 Å². The Labute approximate surface area is 121 Å². The van der Waals surface area contributed by atoms with E-state index in [9.17, 15) is 4.79 Å². The van der Waals surface area contributed by atoms with E-state index in [1.807, 2.05) is 50.2 Å². The van der Waals surface area contributed by atoms with E-state index in [2.05, 4.69) is 20.4 Å². The van der Waals surface area contributed by atoms with Crippen molar-refractivity contribution in [1.82, 2.24) is 24.9 Å². The quantitative estimate of drug-likeness (QED) is 0.796. The van der Waals surface area contributed by atoms with Crippen LogP contribution in [0.15, 0.2) is 42.6 Å². The zero-order valence-corrected chi connectivity index (χ0v) is 11.8. The van der Waals surface area contributed by atoms with Crippen molar-refractivity contribution in [3.8, 4) is 0 Å². The van der Waals surface area contributed by atoms with Crippen molar-refractivity contribution in [2.75, 3.05) is 0 Å². The van der Waals surface area contributed by atoms with Crippen LogP contribution in [0.1, 0.15) is 34.8 Å². The summed E-state index contributed by atoms with van der Waals surface area (Å²) in [4.78, 5) is 20.5. The minimum absolute atomic E-state index is 0.112. The molecule has 0 radical (unpaired) electrons. The van der Waals surface area contributed by atoms with Gasteiger partial charge in [0.2, 0.25) is 5.82 Å². The van der Waals surface area contributed by atoms with Gasteiger partial charge in [-0.05, 0) is 25.5 Å². The summed E-state index contributed by atoms with van der Waals surface area (Å²) in [6.45, 7) is 3.81. The first-order valence-electron chi connectivity index (χ1n) is 6.69. The minimum atomic E-state index is -0.309. The number of carbonyl (C=O) groups excluding carboxylic acids is 1. The molecule has 0 aliphatic carbocycles. The zero-order chi connectivity index (χ0) is 14.8. The van der Waals surface area contributed by atoms with E-state index >= 15 is 0 Å². The third kappa shape index (κ3) is 2.60. The lowest BCUT2D eigenvalue weighted by molar-refractivity contribution is 0.0929. The topological polar surface area (TPSA) is 72.2 Å². The molecule has 3 aromatic rings. The molecule has 106 valence electrons. The summed E-state index contributed by atoms with van der Waals surface area (Å²) >= 11 is 0. The minimum Gasteiger partial charge on any atom is -0.343 e. The van der Waals surface area contributed by atoms with Gasteiger partial charge in [0.05, 0.1) is 6.04 Å². The second-order valence-electron chi connectivity index (χ2n) is 4.84. The lowest BCUT2D eigenvalue weighted by atomic mass is 10.1. The third-order valence-corrected chi connectivity index (χ3v) is 3.28. The monoisotopic (exact) mass is 281 g/mol. The van der Waals surface area contributed by atoms with Crippen molar-refractivity contribution in [1.29, 1.82) is 0 Å². The van der Waals surface area contributed by atoms with Crippen LogP contribution in [-0.2, 0) is 0 Å². The molecule has 1 aromatic carbocycles. The number of nitrogens with one attached hydrogen (secondary N) is 1. The number of aromatic nitrogens is 4. The number of rotatable bonds is 3. The van der Waals surface area contributed by atoms with Crippen LogP contribution >= 0.6 is 0 Å². The molecule has 6 nitrogen and oxygen atoms in total. The molecule has 0 aliphatic rings. The van der Waals surface area contributed by atoms with E-state index in [1.54, 1.807) is 10.7 Å². The number of aryl methyl sites for hydroxylation is 1. The second-order valence-corrected chi connectivity index (χ2v) is 4.84. The van der Waals surface area contributed by atoms with Gasteiger partial charge < -0.3 is 5.32 Å². The number of nitrogens with zero attached hydrogens (tertiary/aromatic N) is 4. The van der Waals surface area contributed by atoms with Gasteiger partial charge in [-0.25, -0.2) is 9.50 Å². The van der Waals surface area contributed by atoms with E-state index in [-0.39, 0.29) is 17.8 Å². The van der Waals surface area contributed by atoms with Gasteiger partial charge in [-0.1, -0.05) is 30.3 Å². The van der Waals surface area contributed by atoms with Crippen molar-refractivity contribution in [2.24, 2.45) is 0 Å². The molecule has 0 saturated heterocycles. The molecule has 6 heteroatoms.